The lowest BCUT2D eigenvalue weighted by molar-refractivity contribution is -0.139. The van der Waals surface area contributed by atoms with Gasteiger partial charge in [0.1, 0.15) is 0 Å². The molecular formula is C17H18N2O6S. The molecule has 0 radical (unpaired) electrons. The van der Waals surface area contributed by atoms with Crippen molar-refractivity contribution in [2.24, 2.45) is 0 Å². The third-order valence-corrected chi connectivity index (χ3v) is 4.09. The van der Waals surface area contributed by atoms with Gasteiger partial charge < -0.3 is 14.2 Å². The van der Waals surface area contributed by atoms with E-state index in [1.807, 2.05) is 0 Å². The second kappa shape index (κ2) is 8.95. The average molecular weight is 378 g/mol. The summed E-state index contributed by atoms with van der Waals surface area (Å²) in [4.78, 5) is 38.7. The van der Waals surface area contributed by atoms with Gasteiger partial charge in [0.25, 0.3) is 5.91 Å². The highest BCUT2D eigenvalue weighted by atomic mass is 32.1. The Morgan fingerprint density at radius 3 is 2.62 bits per heavy atom. The van der Waals surface area contributed by atoms with Gasteiger partial charge in [0.05, 0.1) is 26.3 Å². The zero-order valence-corrected chi connectivity index (χ0v) is 15.3. The summed E-state index contributed by atoms with van der Waals surface area (Å²) in [6, 6.07) is 4.72. The number of hydrogen-bond donors (Lipinski definition) is 1. The van der Waals surface area contributed by atoms with Crippen LogP contribution in [0.5, 0.6) is 11.5 Å². The van der Waals surface area contributed by atoms with Gasteiger partial charge in [-0.05, 0) is 25.1 Å². The van der Waals surface area contributed by atoms with Crippen molar-refractivity contribution in [3.05, 3.63) is 34.8 Å². The van der Waals surface area contributed by atoms with Crippen LogP contribution in [0.1, 0.15) is 23.0 Å². The van der Waals surface area contributed by atoms with Crippen molar-refractivity contribution in [2.75, 3.05) is 26.1 Å². The molecule has 0 spiro atoms. The van der Waals surface area contributed by atoms with Gasteiger partial charge in [0, 0.05) is 10.9 Å². The number of nitrogens with zero attached hydrogens (tertiary/aromatic N) is 1. The Morgan fingerprint density at radius 1 is 1.19 bits per heavy atom. The Labute approximate surface area is 154 Å². The number of anilines is 1. The lowest BCUT2D eigenvalue weighted by Gasteiger charge is -2.11. The van der Waals surface area contributed by atoms with Crippen molar-refractivity contribution < 1.29 is 28.6 Å². The normalized spacial score (nSPS) is 10.1. The molecule has 2 aromatic rings. The molecule has 1 aromatic heterocycles. The van der Waals surface area contributed by atoms with Crippen LogP contribution >= 0.6 is 11.3 Å². The molecule has 1 N–H and O–H groups in total. The number of carbonyl (C=O) groups is 3. The Morgan fingerprint density at radius 2 is 1.96 bits per heavy atom. The molecule has 1 amide bonds. The molecule has 1 aromatic carbocycles. The van der Waals surface area contributed by atoms with Crippen LogP contribution < -0.4 is 14.8 Å². The molecule has 1 heterocycles. The van der Waals surface area contributed by atoms with Crippen LogP contribution in [0.4, 0.5) is 5.13 Å². The van der Waals surface area contributed by atoms with E-state index in [-0.39, 0.29) is 18.8 Å². The van der Waals surface area contributed by atoms with Crippen LogP contribution in [0, 0.1) is 0 Å². The van der Waals surface area contributed by atoms with Crippen LogP contribution in [-0.4, -0.2) is 43.5 Å². The van der Waals surface area contributed by atoms with E-state index in [4.69, 9.17) is 9.47 Å². The van der Waals surface area contributed by atoms with Crippen molar-refractivity contribution in [1.82, 2.24) is 4.98 Å². The van der Waals surface area contributed by atoms with Crippen molar-refractivity contribution in [1.29, 1.82) is 0 Å². The highest BCUT2D eigenvalue weighted by Crippen LogP contribution is 2.28. The number of Topliss-reactive ketones (excluding diaryl/α,β-unsaturated/α-hetero) is 1. The minimum atomic E-state index is -0.415. The van der Waals surface area contributed by atoms with Crippen molar-refractivity contribution >= 4 is 34.1 Å². The third-order valence-electron chi connectivity index (χ3n) is 3.28. The first-order valence-electron chi connectivity index (χ1n) is 7.55. The smallest absolute Gasteiger partial charge is 0.311 e. The highest BCUT2D eigenvalue weighted by Gasteiger charge is 2.13. The zero-order chi connectivity index (χ0) is 19.1. The molecular weight excluding hydrogens is 360 g/mol. The number of benzene rings is 1. The minimum Gasteiger partial charge on any atom is -0.493 e. The summed E-state index contributed by atoms with van der Waals surface area (Å²) in [5.41, 5.74) is 0.999. The molecule has 138 valence electrons. The van der Waals surface area contributed by atoms with E-state index in [1.165, 1.54) is 32.5 Å². The maximum Gasteiger partial charge on any atom is 0.311 e. The molecule has 0 bridgehead atoms. The van der Waals surface area contributed by atoms with Gasteiger partial charge >= 0.3 is 5.97 Å². The number of carbonyl (C=O) groups excluding carboxylic acids is 3. The lowest BCUT2D eigenvalue weighted by Crippen LogP contribution is -2.20. The van der Waals surface area contributed by atoms with E-state index < -0.39 is 11.9 Å². The number of esters is 1. The highest BCUT2D eigenvalue weighted by molar-refractivity contribution is 7.13. The van der Waals surface area contributed by atoms with E-state index in [0.717, 1.165) is 0 Å². The first-order valence-corrected chi connectivity index (χ1v) is 8.43. The summed E-state index contributed by atoms with van der Waals surface area (Å²) < 4.78 is 15.2. The maximum absolute atomic E-state index is 12.0. The molecule has 0 atom stereocenters. The summed E-state index contributed by atoms with van der Waals surface area (Å²) in [6.07, 6.45) is 0.0407. The van der Waals surface area contributed by atoms with Gasteiger partial charge in [0.2, 0.25) is 0 Å². The van der Waals surface area contributed by atoms with Gasteiger partial charge in [-0.1, -0.05) is 0 Å². The van der Waals surface area contributed by atoms with Gasteiger partial charge in [0.15, 0.2) is 29.0 Å². The molecule has 0 aliphatic heterocycles. The van der Waals surface area contributed by atoms with E-state index in [1.54, 1.807) is 23.6 Å². The van der Waals surface area contributed by atoms with Gasteiger partial charge in [-0.3, -0.25) is 19.7 Å². The van der Waals surface area contributed by atoms with Crippen LogP contribution in [0.2, 0.25) is 0 Å². The standard InChI is InChI=1S/C17H18N2O6S/c1-10(20)11-4-5-13(14(6-11)23-2)25-8-15(21)19-17-18-12(9-26-17)7-16(22)24-3/h4-6,9H,7-8H2,1-3H3,(H,18,19,21). The maximum atomic E-state index is 12.0. The largest absolute Gasteiger partial charge is 0.493 e. The summed E-state index contributed by atoms with van der Waals surface area (Å²) in [5.74, 6) is -0.211. The van der Waals surface area contributed by atoms with Gasteiger partial charge in [-0.2, -0.15) is 0 Å². The molecule has 2 rings (SSSR count). The third kappa shape index (κ3) is 5.28. The van der Waals surface area contributed by atoms with Crippen LogP contribution in [0.25, 0.3) is 0 Å². The number of methoxy groups -OCH3 is 2. The Balaban J connectivity index is 1.93. The minimum absolute atomic E-state index is 0.0407. The first kappa shape index (κ1) is 19.4. The van der Waals surface area contributed by atoms with E-state index in [2.05, 4.69) is 15.0 Å². The molecule has 9 heteroatoms. The zero-order valence-electron chi connectivity index (χ0n) is 14.5. The summed E-state index contributed by atoms with van der Waals surface area (Å²) in [5, 5.41) is 4.61. The fraction of sp³-hybridized carbons (Fsp3) is 0.294. The molecule has 0 saturated heterocycles. The molecule has 0 aliphatic carbocycles. The van der Waals surface area contributed by atoms with Crippen LogP contribution in [0.15, 0.2) is 23.6 Å². The Kier molecular flexibility index (Phi) is 6.67. The molecule has 0 aliphatic rings. The molecule has 0 saturated carbocycles. The second-order valence-corrected chi connectivity index (χ2v) is 6.01. The number of thiazole rings is 1. The number of ether oxygens (including phenoxy) is 3. The topological polar surface area (TPSA) is 104 Å². The van der Waals surface area contributed by atoms with Crippen molar-refractivity contribution in [2.45, 2.75) is 13.3 Å². The number of aromatic nitrogens is 1. The molecule has 8 nitrogen and oxygen atoms in total. The quantitative estimate of drug-likeness (QED) is 0.554. The van der Waals surface area contributed by atoms with Crippen LogP contribution in [-0.2, 0) is 20.7 Å². The SMILES string of the molecule is COC(=O)Cc1csc(NC(=O)COc2ccc(C(C)=O)cc2OC)n1. The number of rotatable bonds is 8. The van der Waals surface area contributed by atoms with E-state index in [9.17, 15) is 14.4 Å². The number of hydrogen-bond acceptors (Lipinski definition) is 8. The van der Waals surface area contributed by atoms with Gasteiger partial charge in [-0.25, -0.2) is 4.98 Å². The first-order chi connectivity index (χ1) is 12.4. The molecule has 0 fully saturated rings. The molecule has 0 unspecified atom stereocenters. The number of amides is 1. The Bertz CT molecular complexity index is 817. The molecule has 26 heavy (non-hydrogen) atoms. The van der Waals surface area contributed by atoms with E-state index in [0.29, 0.717) is 27.9 Å². The monoisotopic (exact) mass is 378 g/mol. The summed E-state index contributed by atoms with van der Waals surface area (Å²) in [7, 11) is 2.75. The second-order valence-electron chi connectivity index (χ2n) is 5.16. The Hall–Kier alpha value is -2.94. The lowest BCUT2D eigenvalue weighted by atomic mass is 10.1. The predicted octanol–water partition coefficient (Wildman–Crippen LogP) is 2.09. The fourth-order valence-corrected chi connectivity index (χ4v) is 2.70. The van der Waals surface area contributed by atoms with Crippen molar-refractivity contribution in [3.63, 3.8) is 0 Å². The van der Waals surface area contributed by atoms with Crippen molar-refractivity contribution in [3.8, 4) is 11.5 Å². The van der Waals surface area contributed by atoms with Crippen LogP contribution in [0.3, 0.4) is 0 Å². The summed E-state index contributed by atoms with van der Waals surface area (Å²) in [6.45, 7) is 1.19. The van der Waals surface area contributed by atoms with Gasteiger partial charge in [-0.15, -0.1) is 11.3 Å². The number of nitrogens with one attached hydrogen (secondary N) is 1. The number of ketones is 1. The predicted molar refractivity (Wildman–Crippen MR) is 95.0 cm³/mol. The fourth-order valence-electron chi connectivity index (χ4n) is 1.97. The average Bonchev–Trinajstić information content (AvgIpc) is 3.06. The van der Waals surface area contributed by atoms with E-state index >= 15 is 0 Å². The summed E-state index contributed by atoms with van der Waals surface area (Å²) >= 11 is 1.20.